The Kier molecular flexibility index (Phi) is 7.77. The summed E-state index contributed by atoms with van der Waals surface area (Å²) < 4.78 is 0. The summed E-state index contributed by atoms with van der Waals surface area (Å²) >= 11 is 0. The Balaban J connectivity index is 0.000000171. The molecule has 6 rings (SSSR count). The second-order valence-corrected chi connectivity index (χ2v) is 8.12. The van der Waals surface area contributed by atoms with Gasteiger partial charge in [0.05, 0.1) is 11.3 Å². The fourth-order valence-electron chi connectivity index (χ4n) is 3.75. The number of aromatic nitrogens is 3. The zero-order chi connectivity index (χ0) is 23.3. The number of benzene rings is 4. The van der Waals surface area contributed by atoms with Gasteiger partial charge in [-0.1, -0.05) is 48.0 Å². The smallest absolute Gasteiger partial charge is 0.0756 e. The van der Waals surface area contributed by atoms with Crippen molar-refractivity contribution >= 4 is 21.7 Å². The fourth-order valence-corrected chi connectivity index (χ4v) is 3.75. The third-order valence-corrected chi connectivity index (χ3v) is 5.78. The van der Waals surface area contributed by atoms with Crippen molar-refractivity contribution in [2.75, 3.05) is 0 Å². The van der Waals surface area contributed by atoms with Crippen molar-refractivity contribution < 1.29 is 20.1 Å². The number of nitrogens with zero attached hydrogens (tertiary/aromatic N) is 3. The van der Waals surface area contributed by atoms with Crippen LogP contribution in [0.2, 0.25) is 0 Å². The van der Waals surface area contributed by atoms with Gasteiger partial charge in [-0.15, -0.1) is 71.8 Å². The summed E-state index contributed by atoms with van der Waals surface area (Å²) in [4.78, 5) is 13.6. The zero-order valence-electron chi connectivity index (χ0n) is 19.5. The van der Waals surface area contributed by atoms with Gasteiger partial charge in [0.1, 0.15) is 0 Å². The molecule has 4 heteroatoms. The third-order valence-electron chi connectivity index (χ3n) is 5.78. The molecule has 0 aliphatic heterocycles. The van der Waals surface area contributed by atoms with E-state index in [-0.39, 0.29) is 20.1 Å². The Labute approximate surface area is 219 Å². The van der Waals surface area contributed by atoms with Gasteiger partial charge >= 0.3 is 0 Å². The van der Waals surface area contributed by atoms with E-state index in [0.29, 0.717) is 0 Å². The molecule has 0 fully saturated rings. The van der Waals surface area contributed by atoms with E-state index in [0.717, 1.165) is 38.9 Å². The molecule has 0 atom stereocenters. The van der Waals surface area contributed by atoms with Crippen LogP contribution < -0.4 is 0 Å². The SMILES string of the molecule is Cc1cnc(-c2[c-]cccc2)cc1C.[Ir].[c-]1ccccc1-c1ncc2ccc3ccccc3c2n1. The summed E-state index contributed by atoms with van der Waals surface area (Å²) in [5.74, 6) is 0.717. The molecule has 0 saturated carbocycles. The minimum atomic E-state index is 0. The van der Waals surface area contributed by atoms with Gasteiger partial charge in [0.15, 0.2) is 0 Å². The van der Waals surface area contributed by atoms with Crippen LogP contribution in [0.15, 0.2) is 103 Å². The normalized spacial score (nSPS) is 10.3. The van der Waals surface area contributed by atoms with Crippen molar-refractivity contribution in [2.24, 2.45) is 0 Å². The molecular formula is C31H23IrN3-2. The zero-order valence-corrected chi connectivity index (χ0v) is 21.9. The Morgan fingerprint density at radius 2 is 1.31 bits per heavy atom. The van der Waals surface area contributed by atoms with E-state index in [4.69, 9.17) is 4.98 Å². The first-order valence-electron chi connectivity index (χ1n) is 11.2. The van der Waals surface area contributed by atoms with Crippen LogP contribution in [0, 0.1) is 26.0 Å². The van der Waals surface area contributed by atoms with E-state index >= 15 is 0 Å². The Morgan fingerprint density at radius 1 is 0.629 bits per heavy atom. The van der Waals surface area contributed by atoms with Gasteiger partial charge in [-0.3, -0.25) is 9.97 Å². The Hall–Kier alpha value is -3.72. The molecule has 0 bridgehead atoms. The first-order valence-corrected chi connectivity index (χ1v) is 11.2. The average molecular weight is 630 g/mol. The number of fused-ring (bicyclic) bond motifs is 3. The summed E-state index contributed by atoms with van der Waals surface area (Å²) in [6.07, 6.45) is 3.79. The molecule has 3 nitrogen and oxygen atoms in total. The molecule has 2 aromatic heterocycles. The summed E-state index contributed by atoms with van der Waals surface area (Å²) in [5.41, 5.74) is 6.45. The van der Waals surface area contributed by atoms with Crippen molar-refractivity contribution in [3.8, 4) is 22.6 Å². The first-order chi connectivity index (χ1) is 16.7. The van der Waals surface area contributed by atoms with Gasteiger partial charge in [-0.25, -0.2) is 0 Å². The van der Waals surface area contributed by atoms with Gasteiger partial charge in [-0.05, 0) is 30.5 Å². The monoisotopic (exact) mass is 630 g/mol. The van der Waals surface area contributed by atoms with Crippen LogP contribution in [-0.4, -0.2) is 15.0 Å². The standard InChI is InChI=1S/C18H11N2.C13H12N.Ir/c1-2-7-14(8-3-1)18-19-12-15-11-10-13-6-4-5-9-16(13)17(15)20-18;1-10-8-13(14-9-11(10)2)12-6-4-3-5-7-12;/h1-7,9-12H;3-6,8-9H,1-2H3;/q2*-1;. The predicted molar refractivity (Wildman–Crippen MR) is 139 cm³/mol. The summed E-state index contributed by atoms with van der Waals surface area (Å²) in [5, 5.41) is 3.41. The summed E-state index contributed by atoms with van der Waals surface area (Å²) in [6.45, 7) is 4.17. The van der Waals surface area contributed by atoms with Crippen LogP contribution in [-0.2, 0) is 20.1 Å². The van der Waals surface area contributed by atoms with E-state index in [1.165, 1.54) is 16.5 Å². The van der Waals surface area contributed by atoms with Crippen LogP contribution >= 0.6 is 0 Å². The Bertz CT molecular complexity index is 1570. The maximum atomic E-state index is 4.73. The quantitative estimate of drug-likeness (QED) is 0.148. The predicted octanol–water partition coefficient (Wildman–Crippen LogP) is 7.41. The van der Waals surface area contributed by atoms with Gasteiger partial charge in [0.25, 0.3) is 0 Å². The van der Waals surface area contributed by atoms with E-state index in [9.17, 15) is 0 Å². The molecule has 0 N–H and O–H groups in total. The molecule has 0 amide bonds. The maximum absolute atomic E-state index is 4.73. The fraction of sp³-hybridized carbons (Fsp3) is 0.0645. The second-order valence-electron chi connectivity index (χ2n) is 8.12. The van der Waals surface area contributed by atoms with Crippen molar-refractivity contribution in [3.63, 3.8) is 0 Å². The van der Waals surface area contributed by atoms with Crippen LogP contribution in [0.5, 0.6) is 0 Å². The molecule has 0 aliphatic carbocycles. The average Bonchev–Trinajstić information content (AvgIpc) is 2.91. The van der Waals surface area contributed by atoms with Gasteiger partial charge < -0.3 is 4.98 Å². The summed E-state index contributed by atoms with van der Waals surface area (Å²) in [7, 11) is 0. The molecule has 0 spiro atoms. The molecule has 4 aromatic carbocycles. The van der Waals surface area contributed by atoms with Crippen LogP contribution in [0.3, 0.4) is 0 Å². The van der Waals surface area contributed by atoms with E-state index in [1.54, 1.807) is 0 Å². The van der Waals surface area contributed by atoms with E-state index in [1.807, 2.05) is 73.1 Å². The maximum Gasteiger partial charge on any atom is 0.0756 e. The molecule has 173 valence electrons. The van der Waals surface area contributed by atoms with Gasteiger partial charge in [-0.2, -0.15) is 0 Å². The van der Waals surface area contributed by atoms with Crippen molar-refractivity contribution in [2.45, 2.75) is 13.8 Å². The number of rotatable bonds is 2. The second kappa shape index (κ2) is 11.1. The van der Waals surface area contributed by atoms with E-state index < -0.39 is 0 Å². The Morgan fingerprint density at radius 3 is 2.03 bits per heavy atom. The van der Waals surface area contributed by atoms with Crippen LogP contribution in [0.1, 0.15) is 11.1 Å². The van der Waals surface area contributed by atoms with Crippen molar-refractivity contribution in [1.29, 1.82) is 0 Å². The van der Waals surface area contributed by atoms with Gasteiger partial charge in [0.2, 0.25) is 0 Å². The third kappa shape index (κ3) is 5.51. The molecule has 6 aromatic rings. The van der Waals surface area contributed by atoms with Crippen LogP contribution in [0.4, 0.5) is 0 Å². The first kappa shape index (κ1) is 24.4. The molecule has 0 saturated heterocycles. The molecule has 2 heterocycles. The molecular weight excluding hydrogens is 607 g/mol. The minimum absolute atomic E-state index is 0. The van der Waals surface area contributed by atoms with E-state index in [2.05, 4.69) is 66.3 Å². The molecule has 1 radical (unpaired) electrons. The molecule has 0 aliphatic rings. The number of pyridine rings is 1. The molecule has 35 heavy (non-hydrogen) atoms. The van der Waals surface area contributed by atoms with Crippen LogP contribution in [0.25, 0.3) is 44.3 Å². The topological polar surface area (TPSA) is 38.7 Å². The minimum Gasteiger partial charge on any atom is -0.304 e. The number of aryl methyl sites for hydroxylation is 2. The van der Waals surface area contributed by atoms with Gasteiger partial charge in [0, 0.05) is 43.3 Å². The number of hydrogen-bond donors (Lipinski definition) is 0. The molecule has 0 unspecified atom stereocenters. The summed E-state index contributed by atoms with van der Waals surface area (Å²) in [6, 6.07) is 36.6. The van der Waals surface area contributed by atoms with Crippen molar-refractivity contribution in [1.82, 2.24) is 15.0 Å². The van der Waals surface area contributed by atoms with Crippen molar-refractivity contribution in [3.05, 3.63) is 127 Å². The largest absolute Gasteiger partial charge is 0.304 e. The number of hydrogen-bond acceptors (Lipinski definition) is 3.